The van der Waals surface area contributed by atoms with Gasteiger partial charge in [-0.3, -0.25) is 19.4 Å². The molecule has 0 bridgehead atoms. The zero-order valence-electron chi connectivity index (χ0n) is 23.3. The van der Waals surface area contributed by atoms with E-state index in [0.717, 1.165) is 11.0 Å². The topological polar surface area (TPSA) is 116 Å². The molecular weight excluding hydrogens is 599 g/mol. The van der Waals surface area contributed by atoms with Crippen LogP contribution in [0.5, 0.6) is 0 Å². The maximum absolute atomic E-state index is 14.5. The van der Waals surface area contributed by atoms with Gasteiger partial charge in [0.2, 0.25) is 11.8 Å². The molecule has 1 saturated carbocycles. The Morgan fingerprint density at radius 2 is 1.95 bits per heavy atom. The number of hydrogen-bond donors (Lipinski definition) is 1. The first-order valence-corrected chi connectivity index (χ1v) is 14.3. The van der Waals surface area contributed by atoms with Crippen molar-refractivity contribution >= 4 is 41.0 Å². The van der Waals surface area contributed by atoms with Gasteiger partial charge < -0.3 is 10.1 Å². The van der Waals surface area contributed by atoms with E-state index in [1.807, 2.05) is 6.07 Å². The second-order valence-corrected chi connectivity index (χ2v) is 11.0. The molecule has 1 aliphatic carbocycles. The van der Waals surface area contributed by atoms with Crippen LogP contribution in [0.3, 0.4) is 0 Å². The first-order chi connectivity index (χ1) is 21.1. The number of carbonyl (C=O) groups is 3. The third-order valence-electron chi connectivity index (χ3n) is 7.55. The third-order valence-corrected chi connectivity index (χ3v) is 7.89. The number of amides is 3. The fourth-order valence-electron chi connectivity index (χ4n) is 5.42. The summed E-state index contributed by atoms with van der Waals surface area (Å²) in [5.41, 5.74) is 0.548. The summed E-state index contributed by atoms with van der Waals surface area (Å²) in [5.74, 6) is -4.74. The number of ether oxygens (including phenoxy) is 1. The van der Waals surface area contributed by atoms with Crippen LogP contribution in [0.2, 0.25) is 5.02 Å². The number of aromatic nitrogens is 1. The molecule has 1 N–H and O–H groups in total. The number of nitrogens with one attached hydrogen (secondary N) is 1. The number of nitriles is 1. The maximum atomic E-state index is 14.5. The normalized spacial score (nSPS) is 18.4. The highest BCUT2D eigenvalue weighted by molar-refractivity contribution is 6.31. The van der Waals surface area contributed by atoms with E-state index in [-0.39, 0.29) is 47.1 Å². The molecule has 1 aromatic heterocycles. The van der Waals surface area contributed by atoms with Gasteiger partial charge in [0.15, 0.2) is 0 Å². The Morgan fingerprint density at radius 1 is 1.18 bits per heavy atom. The summed E-state index contributed by atoms with van der Waals surface area (Å²) in [6, 6.07) is 13.5. The molecule has 228 valence electrons. The first-order valence-electron chi connectivity index (χ1n) is 13.9. The number of cyclic esters (lactones) is 1. The third kappa shape index (κ3) is 6.78. The van der Waals surface area contributed by atoms with Gasteiger partial charge >= 0.3 is 6.09 Å². The van der Waals surface area contributed by atoms with E-state index < -0.39 is 60.6 Å². The largest absolute Gasteiger partial charge is 0.449 e. The molecule has 9 nitrogen and oxygen atoms in total. The minimum Gasteiger partial charge on any atom is -0.449 e. The van der Waals surface area contributed by atoms with Crippen LogP contribution in [0.4, 0.5) is 29.5 Å². The number of benzene rings is 2. The molecule has 0 radical (unpaired) electrons. The molecule has 2 atom stereocenters. The van der Waals surface area contributed by atoms with Crippen LogP contribution in [0, 0.1) is 17.1 Å². The molecule has 2 aliphatic rings. The number of carbonyl (C=O) groups excluding carboxylic acids is 3. The van der Waals surface area contributed by atoms with E-state index in [1.165, 1.54) is 53.6 Å². The minimum absolute atomic E-state index is 0.0531. The van der Waals surface area contributed by atoms with Crippen LogP contribution < -0.4 is 15.1 Å². The van der Waals surface area contributed by atoms with Gasteiger partial charge in [-0.05, 0) is 42.8 Å². The van der Waals surface area contributed by atoms with Crippen LogP contribution in [0.1, 0.15) is 49.3 Å². The fraction of sp³-hybridized carbons (Fsp3) is 0.323. The first kappa shape index (κ1) is 30.8. The van der Waals surface area contributed by atoms with Crippen LogP contribution >= 0.6 is 11.6 Å². The number of rotatable bonds is 9. The average Bonchev–Trinajstić information content (AvgIpc) is 2.98. The number of halogens is 4. The number of hydrogen-bond acceptors (Lipinski definition) is 6. The molecule has 2 aromatic carbocycles. The van der Waals surface area contributed by atoms with Crippen LogP contribution in [-0.4, -0.2) is 47.5 Å². The molecule has 3 amide bonds. The summed E-state index contributed by atoms with van der Waals surface area (Å²) in [6.07, 6.45) is -0.157. The average molecular weight is 626 g/mol. The SMILES string of the molecule is N#Cc1ccnc(N2C(=O)OCCC2CCC(=O)N(c2cccc(F)c2)C(C(=O)NC2CC(F)(F)C2)c2ccccc2Cl)c1. The van der Waals surface area contributed by atoms with E-state index in [4.69, 9.17) is 16.3 Å². The number of anilines is 2. The zero-order valence-corrected chi connectivity index (χ0v) is 24.0. The second kappa shape index (κ2) is 12.9. The molecule has 1 aliphatic heterocycles. The van der Waals surface area contributed by atoms with E-state index in [1.54, 1.807) is 12.1 Å². The summed E-state index contributed by atoms with van der Waals surface area (Å²) in [6.45, 7) is 0.0937. The smallest absolute Gasteiger partial charge is 0.415 e. The van der Waals surface area contributed by atoms with Gasteiger partial charge in [0.1, 0.15) is 17.7 Å². The summed E-state index contributed by atoms with van der Waals surface area (Å²) in [4.78, 5) is 47.2. The lowest BCUT2D eigenvalue weighted by molar-refractivity contribution is -0.132. The minimum atomic E-state index is -2.90. The van der Waals surface area contributed by atoms with Gasteiger partial charge in [0, 0.05) is 60.2 Å². The van der Waals surface area contributed by atoms with Crippen molar-refractivity contribution in [1.29, 1.82) is 5.26 Å². The van der Waals surface area contributed by atoms with Crippen molar-refractivity contribution in [2.24, 2.45) is 0 Å². The molecule has 1 saturated heterocycles. The highest BCUT2D eigenvalue weighted by Gasteiger charge is 2.47. The lowest BCUT2D eigenvalue weighted by atomic mass is 9.87. The Hall–Kier alpha value is -4.63. The van der Waals surface area contributed by atoms with Crippen molar-refractivity contribution in [2.45, 2.75) is 56.2 Å². The van der Waals surface area contributed by atoms with Crippen molar-refractivity contribution in [3.05, 3.63) is 88.8 Å². The van der Waals surface area contributed by atoms with Crippen LogP contribution in [-0.2, 0) is 14.3 Å². The van der Waals surface area contributed by atoms with Crippen LogP contribution in [0.25, 0.3) is 0 Å². The van der Waals surface area contributed by atoms with Gasteiger partial charge in [-0.25, -0.2) is 22.9 Å². The lowest BCUT2D eigenvalue weighted by Gasteiger charge is -2.38. The summed E-state index contributed by atoms with van der Waals surface area (Å²) >= 11 is 6.49. The van der Waals surface area contributed by atoms with Crippen molar-refractivity contribution in [2.75, 3.05) is 16.4 Å². The van der Waals surface area contributed by atoms with Crippen molar-refractivity contribution in [3.63, 3.8) is 0 Å². The Labute approximate surface area is 256 Å². The van der Waals surface area contributed by atoms with E-state index in [9.17, 15) is 32.8 Å². The van der Waals surface area contributed by atoms with Crippen molar-refractivity contribution in [3.8, 4) is 6.07 Å². The molecule has 2 fully saturated rings. The van der Waals surface area contributed by atoms with E-state index >= 15 is 0 Å². The predicted molar refractivity (Wildman–Crippen MR) is 155 cm³/mol. The molecule has 2 heterocycles. The predicted octanol–water partition coefficient (Wildman–Crippen LogP) is 5.93. The number of nitrogens with zero attached hydrogens (tertiary/aromatic N) is 4. The van der Waals surface area contributed by atoms with E-state index in [0.29, 0.717) is 6.42 Å². The standard InChI is InChI=1S/C31H27ClF3N5O4/c32-25-7-2-1-6-24(25)28(29(42)38-21-16-31(34,35)17-21)40(23-5-3-4-20(33)15-23)27(41)9-8-22-11-13-44-30(43)39(22)26-14-19(18-36)10-12-37-26/h1-7,10,12,14-15,21-22,28H,8-9,11,13,16-17H2,(H,38,42). The summed E-state index contributed by atoms with van der Waals surface area (Å²) in [7, 11) is 0. The molecular formula is C31H27ClF3N5O4. The zero-order chi connectivity index (χ0) is 31.4. The van der Waals surface area contributed by atoms with Gasteiger partial charge in [-0.1, -0.05) is 35.9 Å². The maximum Gasteiger partial charge on any atom is 0.415 e. The second-order valence-electron chi connectivity index (χ2n) is 10.6. The summed E-state index contributed by atoms with van der Waals surface area (Å²) < 4.78 is 46.9. The number of alkyl halides is 2. The Balaban J connectivity index is 1.47. The van der Waals surface area contributed by atoms with Crippen molar-refractivity contribution in [1.82, 2.24) is 10.3 Å². The van der Waals surface area contributed by atoms with Gasteiger partial charge in [0.05, 0.1) is 18.2 Å². The Bertz CT molecular complexity index is 1610. The van der Waals surface area contributed by atoms with E-state index in [2.05, 4.69) is 10.3 Å². The summed E-state index contributed by atoms with van der Waals surface area (Å²) in [5, 5.41) is 12.0. The molecule has 0 spiro atoms. The molecule has 13 heteroatoms. The lowest BCUT2D eigenvalue weighted by Crippen LogP contribution is -2.54. The molecule has 5 rings (SSSR count). The number of pyridine rings is 1. The highest BCUT2D eigenvalue weighted by atomic mass is 35.5. The Morgan fingerprint density at radius 3 is 2.66 bits per heavy atom. The molecule has 44 heavy (non-hydrogen) atoms. The fourth-order valence-corrected chi connectivity index (χ4v) is 5.65. The van der Waals surface area contributed by atoms with Crippen molar-refractivity contribution < 1.29 is 32.3 Å². The van der Waals surface area contributed by atoms with Gasteiger partial charge in [-0.15, -0.1) is 0 Å². The Kier molecular flexibility index (Phi) is 9.06. The monoisotopic (exact) mass is 625 g/mol. The quantitative estimate of drug-likeness (QED) is 0.315. The van der Waals surface area contributed by atoms with Gasteiger partial charge in [0.25, 0.3) is 5.92 Å². The van der Waals surface area contributed by atoms with Crippen LogP contribution in [0.15, 0.2) is 66.9 Å². The highest BCUT2D eigenvalue weighted by Crippen LogP contribution is 2.39. The molecule has 3 aromatic rings. The van der Waals surface area contributed by atoms with Gasteiger partial charge in [-0.2, -0.15) is 5.26 Å². The molecule has 2 unspecified atom stereocenters.